The highest BCUT2D eigenvalue weighted by atomic mass is 28.1. The van der Waals surface area contributed by atoms with E-state index in [0.717, 1.165) is 17.6 Å². The predicted octanol–water partition coefficient (Wildman–Crippen LogP) is 8.07. The Hall–Kier alpha value is -0.643. The van der Waals surface area contributed by atoms with E-state index in [9.17, 15) is 0 Å². The fourth-order valence-corrected chi connectivity index (χ4v) is 4.94. The molecule has 2 nitrogen and oxygen atoms in total. The maximum atomic E-state index is 3.66. The van der Waals surface area contributed by atoms with Crippen molar-refractivity contribution in [2.24, 2.45) is 0 Å². The third kappa shape index (κ3) is 20.4. The maximum absolute atomic E-state index is 3.66. The van der Waals surface area contributed by atoms with E-state index in [1.54, 1.807) is 0 Å². The third-order valence-corrected chi connectivity index (χ3v) is 7.23. The topological polar surface area (TPSA) is 12.0 Å². The molecule has 0 saturated heterocycles. The SMILES string of the molecule is C[N+](C)(CCNCCCCCCCCCCCCCCCCCCC[Si])Cc1ccccc1. The average Bonchev–Trinajstić information content (AvgIpc) is 2.80. The Kier molecular flexibility index (Phi) is 20.1. The standard InChI is InChI=1S/C30H56N2Si/c1-32(2,29-30-23-19-18-20-24-30)27-26-31-25-21-16-14-12-10-8-6-4-3-5-7-9-11-13-15-17-22-28-33/h18-20,23-24,31H,3-17,21-22,25-29H2,1-2H3/q+1. The Bertz CT molecular complexity index is 517. The molecule has 0 aliphatic heterocycles. The van der Waals surface area contributed by atoms with Crippen LogP contribution in [0.4, 0.5) is 0 Å². The van der Waals surface area contributed by atoms with Crippen LogP contribution in [0.2, 0.25) is 6.04 Å². The first-order valence-electron chi connectivity index (χ1n) is 14.4. The number of likely N-dealkylation sites (N-methyl/N-ethyl adjacent to an activating group) is 1. The van der Waals surface area contributed by atoms with E-state index < -0.39 is 0 Å². The Labute approximate surface area is 211 Å². The molecule has 0 aliphatic carbocycles. The summed E-state index contributed by atoms with van der Waals surface area (Å²) < 4.78 is 1.05. The molecule has 33 heavy (non-hydrogen) atoms. The molecule has 0 saturated carbocycles. The zero-order valence-corrected chi connectivity index (χ0v) is 23.4. The molecule has 0 bridgehead atoms. The molecule has 0 aromatic heterocycles. The van der Waals surface area contributed by atoms with Gasteiger partial charge in [0.25, 0.3) is 0 Å². The number of nitrogens with one attached hydrogen (secondary N) is 1. The van der Waals surface area contributed by atoms with Crippen LogP contribution in [-0.2, 0) is 6.54 Å². The van der Waals surface area contributed by atoms with Crippen LogP contribution in [0.25, 0.3) is 0 Å². The van der Waals surface area contributed by atoms with Crippen molar-refractivity contribution >= 4 is 10.2 Å². The highest BCUT2D eigenvalue weighted by Gasteiger charge is 2.14. The van der Waals surface area contributed by atoms with E-state index in [2.05, 4.69) is 60.0 Å². The molecule has 189 valence electrons. The van der Waals surface area contributed by atoms with Crippen molar-refractivity contribution in [2.75, 3.05) is 33.7 Å². The monoisotopic (exact) mass is 472 g/mol. The van der Waals surface area contributed by atoms with E-state index in [1.165, 1.54) is 134 Å². The van der Waals surface area contributed by atoms with Gasteiger partial charge in [-0.15, -0.1) is 0 Å². The minimum atomic E-state index is 1.05. The van der Waals surface area contributed by atoms with Crippen molar-refractivity contribution in [3.63, 3.8) is 0 Å². The lowest BCUT2D eigenvalue weighted by Crippen LogP contribution is -2.43. The van der Waals surface area contributed by atoms with E-state index in [-0.39, 0.29) is 0 Å². The van der Waals surface area contributed by atoms with Crippen LogP contribution in [0.1, 0.15) is 115 Å². The lowest BCUT2D eigenvalue weighted by molar-refractivity contribution is -0.902. The molecule has 0 aliphatic rings. The summed E-state index contributed by atoms with van der Waals surface area (Å²) in [7, 11) is 8.23. The maximum Gasteiger partial charge on any atom is 0.104 e. The molecule has 0 unspecified atom stereocenters. The minimum Gasteiger partial charge on any atom is -0.324 e. The molecule has 1 N–H and O–H groups in total. The lowest BCUT2D eigenvalue weighted by Gasteiger charge is -2.30. The molecule has 3 radical (unpaired) electrons. The van der Waals surface area contributed by atoms with Crippen LogP contribution in [0.5, 0.6) is 0 Å². The molecule has 0 atom stereocenters. The van der Waals surface area contributed by atoms with Gasteiger partial charge < -0.3 is 9.80 Å². The molecule has 3 heteroatoms. The van der Waals surface area contributed by atoms with Gasteiger partial charge in [0.05, 0.1) is 20.6 Å². The van der Waals surface area contributed by atoms with Crippen LogP contribution in [0, 0.1) is 0 Å². The largest absolute Gasteiger partial charge is 0.324 e. The predicted molar refractivity (Wildman–Crippen MR) is 149 cm³/mol. The molecule has 0 spiro atoms. The first-order valence-corrected chi connectivity index (χ1v) is 15.1. The zero-order chi connectivity index (χ0) is 23.9. The normalized spacial score (nSPS) is 11.8. The van der Waals surface area contributed by atoms with Gasteiger partial charge >= 0.3 is 0 Å². The van der Waals surface area contributed by atoms with Gasteiger partial charge in [-0.25, -0.2) is 0 Å². The fraction of sp³-hybridized carbons (Fsp3) is 0.800. The van der Waals surface area contributed by atoms with Crippen LogP contribution in [0.3, 0.4) is 0 Å². The molecule has 0 fully saturated rings. The second kappa shape index (κ2) is 21.9. The van der Waals surface area contributed by atoms with Crippen LogP contribution in [-0.4, -0.2) is 48.5 Å². The van der Waals surface area contributed by atoms with Gasteiger partial charge in [-0.1, -0.05) is 139 Å². The average molecular weight is 473 g/mol. The molecular formula is C30H56N2Si+. The van der Waals surface area contributed by atoms with Crippen LogP contribution >= 0.6 is 0 Å². The van der Waals surface area contributed by atoms with Crippen molar-refractivity contribution in [1.29, 1.82) is 0 Å². The van der Waals surface area contributed by atoms with Crippen molar-refractivity contribution in [3.05, 3.63) is 35.9 Å². The van der Waals surface area contributed by atoms with Crippen molar-refractivity contribution < 1.29 is 4.48 Å². The smallest absolute Gasteiger partial charge is 0.104 e. The Morgan fingerprint density at radius 2 is 1.00 bits per heavy atom. The van der Waals surface area contributed by atoms with Crippen molar-refractivity contribution in [2.45, 2.75) is 122 Å². The van der Waals surface area contributed by atoms with Crippen molar-refractivity contribution in [3.8, 4) is 0 Å². The number of rotatable bonds is 24. The van der Waals surface area contributed by atoms with Crippen LogP contribution < -0.4 is 5.32 Å². The van der Waals surface area contributed by atoms with Crippen molar-refractivity contribution in [1.82, 2.24) is 5.32 Å². The van der Waals surface area contributed by atoms with E-state index >= 15 is 0 Å². The number of hydrogen-bond donors (Lipinski definition) is 1. The highest BCUT2D eigenvalue weighted by Crippen LogP contribution is 2.14. The Morgan fingerprint density at radius 1 is 0.576 bits per heavy atom. The summed E-state index contributed by atoms with van der Waals surface area (Å²) in [5.41, 5.74) is 1.43. The second-order valence-electron chi connectivity index (χ2n) is 10.8. The number of benzene rings is 1. The molecule has 0 heterocycles. The fourth-order valence-electron chi connectivity index (χ4n) is 4.69. The number of unbranched alkanes of at least 4 members (excludes halogenated alkanes) is 16. The second-order valence-corrected chi connectivity index (χ2v) is 11.3. The molecule has 1 aromatic rings. The Morgan fingerprint density at radius 3 is 1.45 bits per heavy atom. The number of hydrogen-bond acceptors (Lipinski definition) is 1. The molecule has 1 aromatic carbocycles. The summed E-state index contributed by atoms with van der Waals surface area (Å²) in [5.74, 6) is 0. The summed E-state index contributed by atoms with van der Waals surface area (Å²) in [6.45, 7) is 4.60. The quantitative estimate of drug-likeness (QED) is 0.0911. The van der Waals surface area contributed by atoms with E-state index in [4.69, 9.17) is 0 Å². The van der Waals surface area contributed by atoms with Gasteiger partial charge in [-0.2, -0.15) is 0 Å². The summed E-state index contributed by atoms with van der Waals surface area (Å²) in [6.07, 6.45) is 24.4. The van der Waals surface area contributed by atoms with E-state index in [1.807, 2.05) is 0 Å². The van der Waals surface area contributed by atoms with Crippen LogP contribution in [0.15, 0.2) is 30.3 Å². The third-order valence-electron chi connectivity index (χ3n) is 6.88. The summed E-state index contributed by atoms with van der Waals surface area (Å²) in [4.78, 5) is 0. The molecule has 1 rings (SSSR count). The summed E-state index contributed by atoms with van der Waals surface area (Å²) in [6, 6.07) is 12.0. The first kappa shape index (κ1) is 30.4. The van der Waals surface area contributed by atoms with E-state index in [0.29, 0.717) is 0 Å². The lowest BCUT2D eigenvalue weighted by atomic mass is 10.0. The molecular weight excluding hydrogens is 416 g/mol. The first-order chi connectivity index (χ1) is 16.1. The van der Waals surface area contributed by atoms with Gasteiger partial charge in [-0.3, -0.25) is 0 Å². The summed E-state index contributed by atoms with van der Waals surface area (Å²) in [5, 5.41) is 3.66. The van der Waals surface area contributed by atoms with Gasteiger partial charge in [0, 0.05) is 22.4 Å². The zero-order valence-electron chi connectivity index (χ0n) is 22.4. The Balaban J connectivity index is 1.75. The minimum absolute atomic E-state index is 1.05. The van der Waals surface area contributed by atoms with Gasteiger partial charge in [-0.05, 0) is 13.0 Å². The highest BCUT2D eigenvalue weighted by molar-refractivity contribution is 6.08. The van der Waals surface area contributed by atoms with Gasteiger partial charge in [0.2, 0.25) is 0 Å². The molecule has 0 amide bonds. The van der Waals surface area contributed by atoms with Gasteiger partial charge in [0.15, 0.2) is 0 Å². The number of nitrogens with zero attached hydrogens (tertiary/aromatic N) is 1. The summed E-state index contributed by atoms with van der Waals surface area (Å²) >= 11 is 0. The number of quaternary nitrogens is 1. The van der Waals surface area contributed by atoms with Gasteiger partial charge in [0.1, 0.15) is 6.54 Å².